The molecule has 1 aromatic heterocycles. The summed E-state index contributed by atoms with van der Waals surface area (Å²) >= 11 is 1.67. The Balaban J connectivity index is 2.15. The van der Waals surface area contributed by atoms with Crippen LogP contribution in [0.1, 0.15) is 25.0 Å². The first-order valence-electron chi connectivity index (χ1n) is 5.55. The van der Waals surface area contributed by atoms with Crippen molar-refractivity contribution in [3.05, 3.63) is 35.2 Å². The van der Waals surface area contributed by atoms with Gasteiger partial charge in [0.05, 0.1) is 6.61 Å². The smallest absolute Gasteiger partial charge is 0.104 e. The maximum atomic E-state index is 10.0. The summed E-state index contributed by atoms with van der Waals surface area (Å²) in [6.45, 7) is 3.15. The number of aliphatic hydroxyl groups is 1. The van der Waals surface area contributed by atoms with E-state index in [1.54, 1.807) is 11.3 Å². The van der Waals surface area contributed by atoms with Gasteiger partial charge < -0.3 is 9.84 Å². The Hall–Kier alpha value is -0.900. The summed E-state index contributed by atoms with van der Waals surface area (Å²) in [6.07, 6.45) is 0.463. The maximum Gasteiger partial charge on any atom is 0.104 e. The molecule has 2 aromatic rings. The minimum absolute atomic E-state index is 0.380. The van der Waals surface area contributed by atoms with Crippen molar-refractivity contribution in [3.8, 4) is 0 Å². The number of hydrogen-bond donors (Lipinski definition) is 1. The number of benzene rings is 1. The minimum atomic E-state index is -0.520. The van der Waals surface area contributed by atoms with Gasteiger partial charge in [-0.1, -0.05) is 25.1 Å². The van der Waals surface area contributed by atoms with E-state index in [1.165, 1.54) is 5.39 Å². The Morgan fingerprint density at radius 1 is 1.38 bits per heavy atom. The lowest BCUT2D eigenvalue weighted by Crippen LogP contribution is -2.07. The average Bonchev–Trinajstić information content (AvgIpc) is 2.76. The van der Waals surface area contributed by atoms with E-state index >= 15 is 0 Å². The quantitative estimate of drug-likeness (QED) is 0.807. The zero-order chi connectivity index (χ0) is 11.4. The second-order valence-corrected chi connectivity index (χ2v) is 4.69. The third-order valence-corrected chi connectivity index (χ3v) is 3.47. The monoisotopic (exact) mass is 236 g/mol. The molecule has 0 saturated carbocycles. The van der Waals surface area contributed by atoms with Crippen LogP contribution in [0.25, 0.3) is 10.1 Å². The summed E-state index contributed by atoms with van der Waals surface area (Å²) in [7, 11) is 0. The molecule has 1 unspecified atom stereocenters. The highest BCUT2D eigenvalue weighted by Crippen LogP contribution is 2.29. The molecule has 0 aliphatic carbocycles. The molecule has 1 aromatic carbocycles. The van der Waals surface area contributed by atoms with Gasteiger partial charge in [0.2, 0.25) is 0 Å². The lowest BCUT2D eigenvalue weighted by atomic mass is 10.1. The molecule has 0 spiro atoms. The van der Waals surface area contributed by atoms with Crippen LogP contribution >= 0.6 is 11.3 Å². The van der Waals surface area contributed by atoms with Crippen molar-refractivity contribution < 1.29 is 9.84 Å². The Morgan fingerprint density at radius 3 is 3.06 bits per heavy atom. The number of ether oxygens (including phenoxy) is 1. The first-order valence-corrected chi connectivity index (χ1v) is 6.43. The van der Waals surface area contributed by atoms with Gasteiger partial charge in [-0.05, 0) is 23.3 Å². The average molecular weight is 236 g/mol. The molecule has 0 amide bonds. The van der Waals surface area contributed by atoms with Crippen molar-refractivity contribution in [2.45, 2.75) is 19.4 Å². The fourth-order valence-electron chi connectivity index (χ4n) is 1.71. The summed E-state index contributed by atoms with van der Waals surface area (Å²) in [5.41, 5.74) is 0.976. The van der Waals surface area contributed by atoms with Crippen molar-refractivity contribution in [2.75, 3.05) is 13.2 Å². The predicted octanol–water partition coefficient (Wildman–Crippen LogP) is 3.36. The highest BCUT2D eigenvalue weighted by atomic mass is 32.1. The van der Waals surface area contributed by atoms with E-state index in [2.05, 4.69) is 19.1 Å². The number of fused-ring (bicyclic) bond motifs is 1. The van der Waals surface area contributed by atoms with Crippen molar-refractivity contribution in [3.63, 3.8) is 0 Å². The van der Waals surface area contributed by atoms with Crippen molar-refractivity contribution >= 4 is 21.4 Å². The Kier molecular flexibility index (Phi) is 3.93. The Labute approximate surface area is 99.5 Å². The van der Waals surface area contributed by atoms with Crippen LogP contribution in [0.5, 0.6) is 0 Å². The predicted molar refractivity (Wildman–Crippen MR) is 67.9 cm³/mol. The van der Waals surface area contributed by atoms with Crippen molar-refractivity contribution in [1.82, 2.24) is 0 Å². The third-order valence-electron chi connectivity index (χ3n) is 2.49. The molecule has 1 N–H and O–H groups in total. The lowest BCUT2D eigenvalue weighted by molar-refractivity contribution is 0.0372. The van der Waals surface area contributed by atoms with Gasteiger partial charge in [0.15, 0.2) is 0 Å². The molecule has 0 bridgehead atoms. The minimum Gasteiger partial charge on any atom is -0.386 e. The molecule has 0 aliphatic rings. The van der Waals surface area contributed by atoms with Gasteiger partial charge >= 0.3 is 0 Å². The van der Waals surface area contributed by atoms with Crippen LogP contribution in [0, 0.1) is 0 Å². The second-order valence-electron chi connectivity index (χ2n) is 3.78. The molecule has 2 nitrogen and oxygen atoms in total. The third kappa shape index (κ3) is 2.43. The fraction of sp³-hybridized carbons (Fsp3) is 0.385. The molecule has 0 radical (unpaired) electrons. The van der Waals surface area contributed by atoms with Crippen LogP contribution in [0.2, 0.25) is 0 Å². The van der Waals surface area contributed by atoms with Gasteiger partial charge in [0.25, 0.3) is 0 Å². The van der Waals surface area contributed by atoms with E-state index in [0.717, 1.165) is 16.7 Å². The number of thiophene rings is 1. The molecule has 86 valence electrons. The maximum absolute atomic E-state index is 10.0. The molecule has 1 heterocycles. The van der Waals surface area contributed by atoms with E-state index in [1.807, 2.05) is 17.5 Å². The summed E-state index contributed by atoms with van der Waals surface area (Å²) in [5.74, 6) is 0. The van der Waals surface area contributed by atoms with Crippen LogP contribution in [0.3, 0.4) is 0 Å². The van der Waals surface area contributed by atoms with Gasteiger partial charge in [-0.3, -0.25) is 0 Å². The van der Waals surface area contributed by atoms with Crippen LogP contribution in [0.4, 0.5) is 0 Å². The van der Waals surface area contributed by atoms with Crippen LogP contribution in [0.15, 0.2) is 29.6 Å². The number of hydrogen-bond acceptors (Lipinski definition) is 3. The molecule has 2 rings (SSSR count). The molecule has 16 heavy (non-hydrogen) atoms. The summed E-state index contributed by atoms with van der Waals surface area (Å²) in [5, 5.41) is 13.3. The Morgan fingerprint density at radius 2 is 2.25 bits per heavy atom. The molecular weight excluding hydrogens is 220 g/mol. The zero-order valence-corrected chi connectivity index (χ0v) is 10.2. The van der Waals surface area contributed by atoms with E-state index in [9.17, 15) is 5.11 Å². The largest absolute Gasteiger partial charge is 0.386 e. The lowest BCUT2D eigenvalue weighted by Gasteiger charge is -2.12. The first kappa shape index (κ1) is 11.6. The molecule has 3 heteroatoms. The van der Waals surface area contributed by atoms with E-state index in [4.69, 9.17) is 4.74 Å². The van der Waals surface area contributed by atoms with E-state index in [-0.39, 0.29) is 0 Å². The topological polar surface area (TPSA) is 29.5 Å². The standard InChI is InChI=1S/C13H16O2S/c1-2-7-15-9-12(14)11-5-3-4-10-6-8-16-13(10)11/h3-6,8,12,14H,2,7,9H2,1H3. The highest BCUT2D eigenvalue weighted by molar-refractivity contribution is 7.17. The second kappa shape index (κ2) is 5.43. The molecule has 1 atom stereocenters. The zero-order valence-electron chi connectivity index (χ0n) is 9.35. The normalized spacial score (nSPS) is 13.1. The van der Waals surface area contributed by atoms with E-state index in [0.29, 0.717) is 13.2 Å². The van der Waals surface area contributed by atoms with Gasteiger partial charge in [-0.2, -0.15) is 0 Å². The van der Waals surface area contributed by atoms with Gasteiger partial charge in [-0.15, -0.1) is 11.3 Å². The van der Waals surface area contributed by atoms with Gasteiger partial charge in [0, 0.05) is 16.9 Å². The number of rotatable bonds is 5. The van der Waals surface area contributed by atoms with Crippen LogP contribution < -0.4 is 0 Å². The highest BCUT2D eigenvalue weighted by Gasteiger charge is 2.11. The van der Waals surface area contributed by atoms with Gasteiger partial charge in [0.1, 0.15) is 6.10 Å². The van der Waals surface area contributed by atoms with Crippen LogP contribution in [-0.2, 0) is 4.74 Å². The fourth-order valence-corrected chi connectivity index (χ4v) is 2.67. The van der Waals surface area contributed by atoms with Gasteiger partial charge in [-0.25, -0.2) is 0 Å². The first-order chi connectivity index (χ1) is 7.83. The Bertz CT molecular complexity index is 450. The summed E-state index contributed by atoms with van der Waals surface area (Å²) in [6, 6.07) is 8.09. The summed E-state index contributed by atoms with van der Waals surface area (Å²) < 4.78 is 6.54. The number of aliphatic hydroxyl groups excluding tert-OH is 1. The summed E-state index contributed by atoms with van der Waals surface area (Å²) in [4.78, 5) is 0. The molecular formula is C13H16O2S. The molecule has 0 aliphatic heterocycles. The van der Waals surface area contributed by atoms with Crippen molar-refractivity contribution in [1.29, 1.82) is 0 Å². The SMILES string of the molecule is CCCOCC(O)c1cccc2ccsc12. The molecule has 0 fully saturated rings. The van der Waals surface area contributed by atoms with Crippen LogP contribution in [-0.4, -0.2) is 18.3 Å². The van der Waals surface area contributed by atoms with E-state index < -0.39 is 6.10 Å². The van der Waals surface area contributed by atoms with Crippen molar-refractivity contribution in [2.24, 2.45) is 0 Å². The molecule has 0 saturated heterocycles.